The monoisotopic (exact) mass is 391 g/mol. The van der Waals surface area contributed by atoms with E-state index in [0.717, 1.165) is 15.8 Å². The lowest BCUT2D eigenvalue weighted by molar-refractivity contribution is -0.117. The second-order valence-electron chi connectivity index (χ2n) is 6.72. The molecule has 1 N–H and O–H groups in total. The molecule has 0 aliphatic carbocycles. The van der Waals surface area contributed by atoms with Crippen LogP contribution < -0.4 is 11.0 Å². The van der Waals surface area contributed by atoms with Crippen molar-refractivity contribution in [2.24, 2.45) is 0 Å². The summed E-state index contributed by atoms with van der Waals surface area (Å²) in [5.74, 6) is -0.622. The van der Waals surface area contributed by atoms with Crippen LogP contribution in [-0.4, -0.2) is 25.1 Å². The first-order valence-electron chi connectivity index (χ1n) is 9.01. The first kappa shape index (κ1) is 18.5. The minimum absolute atomic E-state index is 0.0571. The number of nitrogens with one attached hydrogen (secondary N) is 1. The summed E-state index contributed by atoms with van der Waals surface area (Å²) in [5, 5.41) is 6.72. The molecular weight excluding hydrogens is 373 g/mol. The third-order valence-electron chi connectivity index (χ3n) is 4.50. The van der Waals surface area contributed by atoms with Crippen LogP contribution >= 0.6 is 0 Å². The van der Waals surface area contributed by atoms with Crippen molar-refractivity contribution in [3.8, 4) is 11.3 Å². The summed E-state index contributed by atoms with van der Waals surface area (Å²) >= 11 is 0. The van der Waals surface area contributed by atoms with Crippen molar-refractivity contribution in [2.45, 2.75) is 20.4 Å². The van der Waals surface area contributed by atoms with E-state index in [-0.39, 0.29) is 12.2 Å². The van der Waals surface area contributed by atoms with Gasteiger partial charge in [-0.2, -0.15) is 0 Å². The number of halogens is 1. The predicted octanol–water partition coefficient (Wildman–Crippen LogP) is 2.95. The normalized spacial score (nSPS) is 11.0. The standard InChI is InChI=1S/C21H18FN5O2/c1-13-8-9-17(16(22)10-13)24-20(28)12-26-21(29)27-14(2)23-18(11-19(27)25-26)15-6-4-3-5-7-15/h3-11H,12H2,1-2H3,(H,24,28). The lowest BCUT2D eigenvalue weighted by atomic mass is 10.1. The maximum Gasteiger partial charge on any atom is 0.352 e. The minimum atomic E-state index is -0.549. The Balaban J connectivity index is 1.64. The molecule has 2 heterocycles. The van der Waals surface area contributed by atoms with Gasteiger partial charge in [0, 0.05) is 11.6 Å². The van der Waals surface area contributed by atoms with Gasteiger partial charge in [0.2, 0.25) is 5.91 Å². The van der Waals surface area contributed by atoms with Gasteiger partial charge in [-0.25, -0.2) is 23.3 Å². The Labute approximate surface area is 165 Å². The van der Waals surface area contributed by atoms with E-state index in [0.29, 0.717) is 17.2 Å². The number of rotatable bonds is 4. The highest BCUT2D eigenvalue weighted by atomic mass is 19.1. The Morgan fingerprint density at radius 1 is 1.10 bits per heavy atom. The second-order valence-corrected chi connectivity index (χ2v) is 6.72. The maximum absolute atomic E-state index is 13.9. The van der Waals surface area contributed by atoms with Crippen LogP contribution in [0.5, 0.6) is 0 Å². The van der Waals surface area contributed by atoms with Crippen molar-refractivity contribution in [1.29, 1.82) is 0 Å². The summed E-state index contributed by atoms with van der Waals surface area (Å²) in [6, 6.07) is 15.7. The Morgan fingerprint density at radius 2 is 1.86 bits per heavy atom. The van der Waals surface area contributed by atoms with Gasteiger partial charge in [-0.3, -0.25) is 4.79 Å². The molecular formula is C21H18FN5O2. The Bertz CT molecular complexity index is 1280. The number of amides is 1. The third kappa shape index (κ3) is 3.64. The van der Waals surface area contributed by atoms with E-state index in [1.165, 1.54) is 16.5 Å². The van der Waals surface area contributed by atoms with E-state index in [1.807, 2.05) is 30.3 Å². The second kappa shape index (κ2) is 7.31. The van der Waals surface area contributed by atoms with Gasteiger partial charge in [0.1, 0.15) is 18.2 Å². The Kier molecular flexibility index (Phi) is 4.67. The number of carbonyl (C=O) groups excluding carboxylic acids is 1. The van der Waals surface area contributed by atoms with Gasteiger partial charge in [0.05, 0.1) is 11.4 Å². The molecule has 2 aromatic heterocycles. The zero-order valence-corrected chi connectivity index (χ0v) is 15.9. The topological polar surface area (TPSA) is 81.3 Å². The smallest absolute Gasteiger partial charge is 0.322 e. The van der Waals surface area contributed by atoms with Gasteiger partial charge in [-0.05, 0) is 31.5 Å². The van der Waals surface area contributed by atoms with E-state index in [4.69, 9.17) is 0 Å². The van der Waals surface area contributed by atoms with Crippen LogP contribution in [0.4, 0.5) is 10.1 Å². The summed E-state index contributed by atoms with van der Waals surface area (Å²) in [6.07, 6.45) is 0. The molecule has 0 spiro atoms. The van der Waals surface area contributed by atoms with Crippen molar-refractivity contribution in [3.05, 3.63) is 82.3 Å². The summed E-state index contributed by atoms with van der Waals surface area (Å²) < 4.78 is 16.3. The zero-order chi connectivity index (χ0) is 20.5. The van der Waals surface area contributed by atoms with Crippen LogP contribution in [0.1, 0.15) is 11.4 Å². The van der Waals surface area contributed by atoms with Crippen LogP contribution in [0, 0.1) is 19.7 Å². The highest BCUT2D eigenvalue weighted by molar-refractivity contribution is 5.90. The van der Waals surface area contributed by atoms with Crippen molar-refractivity contribution < 1.29 is 9.18 Å². The van der Waals surface area contributed by atoms with Gasteiger partial charge in [0.15, 0.2) is 5.65 Å². The molecule has 146 valence electrons. The van der Waals surface area contributed by atoms with Gasteiger partial charge >= 0.3 is 5.69 Å². The minimum Gasteiger partial charge on any atom is -0.322 e. The van der Waals surface area contributed by atoms with Crippen molar-refractivity contribution in [1.82, 2.24) is 19.2 Å². The number of carbonyl (C=O) groups is 1. The molecule has 0 atom stereocenters. The average Bonchev–Trinajstić information content (AvgIpc) is 3.00. The number of fused-ring (bicyclic) bond motifs is 1. The molecule has 2 aromatic carbocycles. The predicted molar refractivity (Wildman–Crippen MR) is 107 cm³/mol. The van der Waals surface area contributed by atoms with Gasteiger partial charge in [-0.1, -0.05) is 36.4 Å². The van der Waals surface area contributed by atoms with E-state index in [1.54, 1.807) is 26.0 Å². The van der Waals surface area contributed by atoms with E-state index in [9.17, 15) is 14.0 Å². The van der Waals surface area contributed by atoms with Crippen LogP contribution in [0.25, 0.3) is 16.9 Å². The molecule has 0 saturated heterocycles. The number of aryl methyl sites for hydroxylation is 2. The maximum atomic E-state index is 13.9. The van der Waals surface area contributed by atoms with Gasteiger partial charge in [0.25, 0.3) is 0 Å². The highest BCUT2D eigenvalue weighted by Crippen LogP contribution is 2.18. The quantitative estimate of drug-likeness (QED) is 0.580. The lowest BCUT2D eigenvalue weighted by Crippen LogP contribution is -2.29. The molecule has 7 nitrogen and oxygen atoms in total. The molecule has 0 unspecified atom stereocenters. The van der Waals surface area contributed by atoms with Crippen molar-refractivity contribution in [2.75, 3.05) is 5.32 Å². The fourth-order valence-electron chi connectivity index (χ4n) is 3.11. The first-order valence-corrected chi connectivity index (χ1v) is 9.01. The fraction of sp³-hybridized carbons (Fsp3) is 0.143. The van der Waals surface area contributed by atoms with Crippen LogP contribution in [0.15, 0.2) is 59.4 Å². The van der Waals surface area contributed by atoms with Crippen LogP contribution in [-0.2, 0) is 11.3 Å². The highest BCUT2D eigenvalue weighted by Gasteiger charge is 2.15. The van der Waals surface area contributed by atoms with E-state index >= 15 is 0 Å². The van der Waals surface area contributed by atoms with Crippen LogP contribution in [0.3, 0.4) is 0 Å². The summed E-state index contributed by atoms with van der Waals surface area (Å²) in [4.78, 5) is 29.5. The molecule has 0 bridgehead atoms. The van der Waals surface area contributed by atoms with E-state index in [2.05, 4.69) is 15.4 Å². The van der Waals surface area contributed by atoms with Gasteiger partial charge < -0.3 is 5.32 Å². The molecule has 1 amide bonds. The summed E-state index contributed by atoms with van der Waals surface area (Å²) in [7, 11) is 0. The van der Waals surface area contributed by atoms with Crippen LogP contribution in [0.2, 0.25) is 0 Å². The molecule has 0 aliphatic heterocycles. The number of aromatic nitrogens is 4. The molecule has 0 radical (unpaired) electrons. The number of benzene rings is 2. The largest absolute Gasteiger partial charge is 0.352 e. The fourth-order valence-corrected chi connectivity index (χ4v) is 3.11. The number of nitrogens with zero attached hydrogens (tertiary/aromatic N) is 4. The molecule has 8 heteroatoms. The molecule has 4 rings (SSSR count). The summed E-state index contributed by atoms with van der Waals surface area (Å²) in [5.41, 5.74) is 2.28. The van der Waals surface area contributed by atoms with Crippen molar-refractivity contribution >= 4 is 17.2 Å². The first-order chi connectivity index (χ1) is 13.9. The molecule has 0 fully saturated rings. The number of anilines is 1. The number of hydrogen-bond donors (Lipinski definition) is 1. The zero-order valence-electron chi connectivity index (χ0n) is 15.9. The lowest BCUT2D eigenvalue weighted by Gasteiger charge is -2.06. The third-order valence-corrected chi connectivity index (χ3v) is 4.50. The Morgan fingerprint density at radius 3 is 2.59 bits per heavy atom. The molecule has 29 heavy (non-hydrogen) atoms. The summed E-state index contributed by atoms with van der Waals surface area (Å²) in [6.45, 7) is 3.12. The molecule has 4 aromatic rings. The van der Waals surface area contributed by atoms with E-state index < -0.39 is 17.4 Å². The molecule has 0 aliphatic rings. The average molecular weight is 391 g/mol. The molecule has 0 saturated carbocycles. The van der Waals surface area contributed by atoms with Crippen molar-refractivity contribution in [3.63, 3.8) is 0 Å². The SMILES string of the molecule is Cc1ccc(NC(=O)Cn2nc3cc(-c4ccccc4)nc(C)n3c2=O)c(F)c1. The number of hydrogen-bond acceptors (Lipinski definition) is 4. The van der Waals surface area contributed by atoms with Gasteiger partial charge in [-0.15, -0.1) is 5.10 Å². The Hall–Kier alpha value is -3.81.